The first-order valence-electron chi connectivity index (χ1n) is 9.60. The van der Waals surface area contributed by atoms with Gasteiger partial charge in [0, 0.05) is 30.1 Å². The lowest BCUT2D eigenvalue weighted by atomic mass is 9.48. The zero-order chi connectivity index (χ0) is 19.0. The van der Waals surface area contributed by atoms with E-state index >= 15 is 0 Å². The van der Waals surface area contributed by atoms with Crippen molar-refractivity contribution in [2.24, 2.45) is 17.3 Å². The van der Waals surface area contributed by atoms with Gasteiger partial charge < -0.3 is 11.1 Å². The molecule has 2 unspecified atom stereocenters. The van der Waals surface area contributed by atoms with E-state index in [9.17, 15) is 4.79 Å². The van der Waals surface area contributed by atoms with Crippen LogP contribution in [0.3, 0.4) is 0 Å². The topological polar surface area (TPSA) is 80.9 Å². The summed E-state index contributed by atoms with van der Waals surface area (Å²) in [5, 5.41) is 3.07. The van der Waals surface area contributed by atoms with Crippen LogP contribution < -0.4 is 11.1 Å². The fourth-order valence-electron chi connectivity index (χ4n) is 4.51. The minimum Gasteiger partial charge on any atom is -0.368 e. The highest BCUT2D eigenvalue weighted by Crippen LogP contribution is 2.59. The maximum absolute atomic E-state index is 12.6. The van der Waals surface area contributed by atoms with Crippen molar-refractivity contribution in [3.05, 3.63) is 53.9 Å². The summed E-state index contributed by atoms with van der Waals surface area (Å²) in [5.41, 5.74) is 9.88. The van der Waals surface area contributed by atoms with Gasteiger partial charge in [-0.1, -0.05) is 37.6 Å². The molecule has 27 heavy (non-hydrogen) atoms. The largest absolute Gasteiger partial charge is 0.368 e. The first-order chi connectivity index (χ1) is 12.9. The molecule has 2 atom stereocenters. The molecule has 1 saturated carbocycles. The molecule has 5 heteroatoms. The Morgan fingerprint density at radius 2 is 2.04 bits per heavy atom. The van der Waals surface area contributed by atoms with Gasteiger partial charge in [-0.25, -0.2) is 9.97 Å². The number of carbonyl (C=O) groups is 1. The van der Waals surface area contributed by atoms with Gasteiger partial charge in [0.2, 0.25) is 5.95 Å². The molecule has 3 aliphatic rings. The van der Waals surface area contributed by atoms with Gasteiger partial charge in [-0.15, -0.1) is 0 Å². The summed E-state index contributed by atoms with van der Waals surface area (Å²) in [6.45, 7) is 5.44. The average Bonchev–Trinajstić information content (AvgIpc) is 2.68. The molecule has 3 aliphatic carbocycles. The normalized spacial score (nSPS) is 22.5. The number of allylic oxidation sites excluding steroid dienone is 1. The van der Waals surface area contributed by atoms with Gasteiger partial charge in [0.25, 0.3) is 5.91 Å². The zero-order valence-corrected chi connectivity index (χ0v) is 15.9. The third-order valence-corrected chi connectivity index (χ3v) is 6.41. The highest BCUT2D eigenvalue weighted by Gasteiger charge is 2.50. The van der Waals surface area contributed by atoms with Crippen LogP contribution in [0, 0.1) is 17.3 Å². The van der Waals surface area contributed by atoms with E-state index in [4.69, 9.17) is 5.73 Å². The van der Waals surface area contributed by atoms with Gasteiger partial charge in [-0.3, -0.25) is 4.79 Å². The molecule has 0 radical (unpaired) electrons. The molecular weight excluding hydrogens is 336 g/mol. The molecule has 3 N–H and O–H groups in total. The highest BCUT2D eigenvalue weighted by atomic mass is 16.1. The molecule has 140 valence electrons. The van der Waals surface area contributed by atoms with Crippen molar-refractivity contribution in [1.29, 1.82) is 0 Å². The molecule has 0 saturated heterocycles. The summed E-state index contributed by atoms with van der Waals surface area (Å²) in [5.74, 6) is 1.74. The lowest BCUT2D eigenvalue weighted by molar-refractivity contribution is -0.00811. The van der Waals surface area contributed by atoms with Crippen LogP contribution in [0.4, 0.5) is 5.95 Å². The molecule has 2 bridgehead atoms. The number of benzene rings is 1. The van der Waals surface area contributed by atoms with Gasteiger partial charge in [0.05, 0.1) is 0 Å². The van der Waals surface area contributed by atoms with Crippen molar-refractivity contribution < 1.29 is 4.79 Å². The average molecular weight is 362 g/mol. The van der Waals surface area contributed by atoms with Gasteiger partial charge >= 0.3 is 0 Å². The van der Waals surface area contributed by atoms with Crippen molar-refractivity contribution in [2.45, 2.75) is 33.1 Å². The molecule has 5 rings (SSSR count). The Balaban J connectivity index is 1.37. The highest BCUT2D eigenvalue weighted by molar-refractivity contribution is 5.95. The van der Waals surface area contributed by atoms with Gasteiger partial charge in [0.15, 0.2) is 0 Å². The SMILES string of the molecule is CC1(C)C2CC=C(CCNC(=O)c3cccc(-c4cnc(N)nc4)c3)C1C2. The number of carbonyl (C=O) groups excluding carboxylic acids is 1. The Morgan fingerprint density at radius 1 is 1.26 bits per heavy atom. The Bertz CT molecular complexity index is 885. The lowest BCUT2D eigenvalue weighted by Gasteiger charge is -2.56. The van der Waals surface area contributed by atoms with Gasteiger partial charge in [0.1, 0.15) is 0 Å². The van der Waals surface area contributed by atoms with Crippen molar-refractivity contribution >= 4 is 11.9 Å². The van der Waals surface area contributed by atoms with Crippen molar-refractivity contribution in [3.8, 4) is 11.1 Å². The number of amides is 1. The third-order valence-electron chi connectivity index (χ3n) is 6.41. The van der Waals surface area contributed by atoms with Crippen LogP contribution in [0.15, 0.2) is 48.3 Å². The van der Waals surface area contributed by atoms with Crippen molar-refractivity contribution in [1.82, 2.24) is 15.3 Å². The number of hydrogen-bond donors (Lipinski definition) is 2. The number of nitrogens with zero attached hydrogens (tertiary/aromatic N) is 2. The van der Waals surface area contributed by atoms with Crippen molar-refractivity contribution in [3.63, 3.8) is 0 Å². The summed E-state index contributed by atoms with van der Waals surface area (Å²) in [6, 6.07) is 7.51. The Hall–Kier alpha value is -2.69. The first kappa shape index (κ1) is 17.7. The third kappa shape index (κ3) is 3.34. The number of fused-ring (bicyclic) bond motifs is 1. The summed E-state index contributed by atoms with van der Waals surface area (Å²) in [6.07, 6.45) is 9.19. The van der Waals surface area contributed by atoms with Crippen LogP contribution in [-0.4, -0.2) is 22.4 Å². The predicted octanol–water partition coefficient (Wildman–Crippen LogP) is 3.84. The van der Waals surface area contributed by atoms with Gasteiger partial charge in [-0.05, 0) is 54.2 Å². The second-order valence-corrected chi connectivity index (χ2v) is 8.24. The second-order valence-electron chi connectivity index (χ2n) is 8.24. The van der Waals surface area contributed by atoms with E-state index in [2.05, 4.69) is 35.2 Å². The fourth-order valence-corrected chi connectivity index (χ4v) is 4.51. The Labute approximate surface area is 160 Å². The molecule has 1 aromatic heterocycles. The zero-order valence-electron chi connectivity index (χ0n) is 15.9. The molecule has 1 fully saturated rings. The minimum atomic E-state index is -0.0460. The molecule has 2 aromatic rings. The standard InChI is InChI=1S/C22H26N4O/c1-22(2)18-7-6-14(19(22)11-18)8-9-24-20(27)16-5-3-4-15(10-16)17-12-25-21(23)26-13-17/h3-6,10,12-13,18-19H,7-9,11H2,1-2H3,(H,24,27)(H2,23,25,26). The number of anilines is 1. The summed E-state index contributed by atoms with van der Waals surface area (Å²) in [4.78, 5) is 20.6. The number of nitrogens with one attached hydrogen (secondary N) is 1. The van der Waals surface area contributed by atoms with Crippen LogP contribution in [0.1, 0.15) is 43.5 Å². The summed E-state index contributed by atoms with van der Waals surface area (Å²) < 4.78 is 0. The number of nitrogen functional groups attached to an aromatic ring is 1. The molecule has 5 nitrogen and oxygen atoms in total. The van der Waals surface area contributed by atoms with E-state index in [1.807, 2.05) is 24.3 Å². The van der Waals surface area contributed by atoms with Gasteiger partial charge in [-0.2, -0.15) is 0 Å². The maximum Gasteiger partial charge on any atom is 0.251 e. The fraction of sp³-hybridized carbons (Fsp3) is 0.409. The summed E-state index contributed by atoms with van der Waals surface area (Å²) >= 11 is 0. The molecule has 1 amide bonds. The molecule has 1 aromatic carbocycles. The van der Waals surface area contributed by atoms with E-state index in [0.717, 1.165) is 23.5 Å². The van der Waals surface area contributed by atoms with Crippen molar-refractivity contribution in [2.75, 3.05) is 12.3 Å². The predicted molar refractivity (Wildman–Crippen MR) is 107 cm³/mol. The smallest absolute Gasteiger partial charge is 0.251 e. The molecule has 0 aliphatic heterocycles. The van der Waals surface area contributed by atoms with E-state index in [-0.39, 0.29) is 11.9 Å². The van der Waals surface area contributed by atoms with E-state index in [0.29, 0.717) is 23.4 Å². The number of nitrogens with two attached hydrogens (primary N) is 1. The first-order valence-corrected chi connectivity index (χ1v) is 9.60. The second kappa shape index (κ2) is 6.80. The molecular formula is C22H26N4O. The maximum atomic E-state index is 12.6. The van der Waals surface area contributed by atoms with Crippen LogP contribution in [0.5, 0.6) is 0 Å². The van der Waals surface area contributed by atoms with Crippen LogP contribution in [0.2, 0.25) is 0 Å². The lowest BCUT2D eigenvalue weighted by Crippen LogP contribution is -2.48. The van der Waals surface area contributed by atoms with E-state index in [1.165, 1.54) is 18.4 Å². The minimum absolute atomic E-state index is 0.0460. The number of aromatic nitrogens is 2. The molecule has 1 heterocycles. The monoisotopic (exact) mass is 362 g/mol. The number of hydrogen-bond acceptors (Lipinski definition) is 4. The quantitative estimate of drug-likeness (QED) is 0.792. The van der Waals surface area contributed by atoms with E-state index < -0.39 is 0 Å². The number of rotatable bonds is 5. The van der Waals surface area contributed by atoms with Crippen LogP contribution in [0.25, 0.3) is 11.1 Å². The van der Waals surface area contributed by atoms with Crippen LogP contribution in [-0.2, 0) is 0 Å². The Kier molecular flexibility index (Phi) is 4.46. The summed E-state index contributed by atoms with van der Waals surface area (Å²) in [7, 11) is 0. The molecule has 0 spiro atoms. The van der Waals surface area contributed by atoms with Crippen LogP contribution >= 0.6 is 0 Å². The Morgan fingerprint density at radius 3 is 2.74 bits per heavy atom. The van der Waals surface area contributed by atoms with E-state index in [1.54, 1.807) is 12.4 Å².